The summed E-state index contributed by atoms with van der Waals surface area (Å²) in [6.07, 6.45) is 4.48. The first kappa shape index (κ1) is 12.5. The number of aryl methyl sites for hydroxylation is 1. The van der Waals surface area contributed by atoms with E-state index in [9.17, 15) is 8.42 Å². The van der Waals surface area contributed by atoms with Crippen LogP contribution in [-0.2, 0) is 10.0 Å². The first-order valence-corrected chi connectivity index (χ1v) is 7.31. The first-order valence-electron chi connectivity index (χ1n) is 5.82. The van der Waals surface area contributed by atoms with E-state index in [0.29, 0.717) is 18.3 Å². The minimum Gasteiger partial charge on any atom is -0.314 e. The minimum atomic E-state index is -3.41. The van der Waals surface area contributed by atoms with Gasteiger partial charge < -0.3 is 5.32 Å². The van der Waals surface area contributed by atoms with Crippen molar-refractivity contribution in [3.8, 4) is 0 Å². The fourth-order valence-electron chi connectivity index (χ4n) is 2.06. The van der Waals surface area contributed by atoms with Crippen molar-refractivity contribution in [2.45, 2.75) is 37.1 Å². The van der Waals surface area contributed by atoms with Crippen LogP contribution >= 0.6 is 0 Å². The van der Waals surface area contributed by atoms with Crippen LogP contribution in [0, 0.1) is 6.92 Å². The van der Waals surface area contributed by atoms with Crippen LogP contribution in [0.1, 0.15) is 25.0 Å². The lowest BCUT2D eigenvalue weighted by molar-refractivity contribution is 0.539. The van der Waals surface area contributed by atoms with Gasteiger partial charge in [0.05, 0.1) is 11.9 Å². The topological polar surface area (TPSA) is 86.9 Å². The molecule has 0 bridgehead atoms. The molecule has 2 rings (SSSR count). The van der Waals surface area contributed by atoms with E-state index in [-0.39, 0.29) is 4.90 Å². The van der Waals surface area contributed by atoms with E-state index < -0.39 is 10.0 Å². The van der Waals surface area contributed by atoms with Gasteiger partial charge in [0.1, 0.15) is 4.90 Å². The average molecular weight is 258 g/mol. The van der Waals surface area contributed by atoms with E-state index in [0.717, 1.165) is 19.4 Å². The Bertz CT molecular complexity index is 462. The molecule has 0 radical (unpaired) electrons. The Kier molecular flexibility index (Phi) is 3.80. The van der Waals surface area contributed by atoms with E-state index in [1.54, 1.807) is 6.92 Å². The summed E-state index contributed by atoms with van der Waals surface area (Å²) < 4.78 is 26.4. The third-order valence-electron chi connectivity index (χ3n) is 3.02. The summed E-state index contributed by atoms with van der Waals surface area (Å²) in [4.78, 5) is 0.233. The number of rotatable bonds is 5. The molecule has 6 nitrogen and oxygen atoms in total. The van der Waals surface area contributed by atoms with Crippen molar-refractivity contribution in [1.29, 1.82) is 0 Å². The molecule has 0 aromatic carbocycles. The Morgan fingerprint density at radius 3 is 3.00 bits per heavy atom. The molecule has 0 amide bonds. The molecule has 96 valence electrons. The van der Waals surface area contributed by atoms with Crippen LogP contribution in [-0.4, -0.2) is 37.7 Å². The summed E-state index contributed by atoms with van der Waals surface area (Å²) in [5, 5.41) is 9.68. The van der Waals surface area contributed by atoms with Crippen LogP contribution in [0.15, 0.2) is 11.1 Å². The summed E-state index contributed by atoms with van der Waals surface area (Å²) in [5.74, 6) is 0. The van der Waals surface area contributed by atoms with E-state index in [1.807, 2.05) is 0 Å². The minimum absolute atomic E-state index is 0.233. The summed E-state index contributed by atoms with van der Waals surface area (Å²) in [7, 11) is -3.41. The number of H-pyrrole nitrogens is 1. The third-order valence-corrected chi connectivity index (χ3v) is 4.60. The van der Waals surface area contributed by atoms with Gasteiger partial charge in [-0.1, -0.05) is 0 Å². The number of aromatic amines is 1. The standard InChI is InChI=1S/C10H18N4O2S/c1-8-10(7-12-14-8)17(15,16)13-6-4-9-3-2-5-11-9/h7,9,11,13H,2-6H2,1H3,(H,12,14). The zero-order chi connectivity index (χ0) is 12.3. The van der Waals surface area contributed by atoms with E-state index in [2.05, 4.69) is 20.2 Å². The Morgan fingerprint density at radius 1 is 1.59 bits per heavy atom. The van der Waals surface area contributed by atoms with Gasteiger partial charge in [0.15, 0.2) is 0 Å². The molecule has 1 fully saturated rings. The molecule has 7 heteroatoms. The number of sulfonamides is 1. The maximum Gasteiger partial charge on any atom is 0.243 e. The zero-order valence-corrected chi connectivity index (χ0v) is 10.7. The van der Waals surface area contributed by atoms with E-state index in [4.69, 9.17) is 0 Å². The molecular weight excluding hydrogens is 240 g/mol. The van der Waals surface area contributed by atoms with Gasteiger partial charge in [-0.25, -0.2) is 13.1 Å². The molecule has 1 aromatic rings. The molecule has 1 saturated heterocycles. The highest BCUT2D eigenvalue weighted by Gasteiger charge is 2.19. The van der Waals surface area contributed by atoms with Crippen LogP contribution in [0.4, 0.5) is 0 Å². The van der Waals surface area contributed by atoms with Crippen LogP contribution < -0.4 is 10.0 Å². The van der Waals surface area contributed by atoms with Crippen molar-refractivity contribution in [3.63, 3.8) is 0 Å². The summed E-state index contributed by atoms with van der Waals surface area (Å²) in [6, 6.07) is 0.447. The van der Waals surface area contributed by atoms with Crippen LogP contribution in [0.2, 0.25) is 0 Å². The van der Waals surface area contributed by atoms with Crippen LogP contribution in [0.3, 0.4) is 0 Å². The van der Waals surface area contributed by atoms with Gasteiger partial charge in [-0.2, -0.15) is 5.10 Å². The number of nitrogens with zero attached hydrogens (tertiary/aromatic N) is 1. The van der Waals surface area contributed by atoms with E-state index in [1.165, 1.54) is 12.6 Å². The molecule has 1 aromatic heterocycles. The maximum atomic E-state index is 11.9. The lowest BCUT2D eigenvalue weighted by atomic mass is 10.2. The van der Waals surface area contributed by atoms with Crippen molar-refractivity contribution < 1.29 is 8.42 Å². The second-order valence-electron chi connectivity index (χ2n) is 4.34. The van der Waals surface area contributed by atoms with Gasteiger partial charge in [-0.3, -0.25) is 5.10 Å². The SMILES string of the molecule is Cc1[nH]ncc1S(=O)(=O)NCCC1CCCN1. The Hall–Kier alpha value is -0.920. The van der Waals surface area contributed by atoms with Gasteiger partial charge >= 0.3 is 0 Å². The molecule has 1 aliphatic heterocycles. The molecule has 2 heterocycles. The Balaban J connectivity index is 1.87. The number of hydrogen-bond acceptors (Lipinski definition) is 4. The van der Waals surface area contributed by atoms with Gasteiger partial charge in [0.25, 0.3) is 0 Å². The summed E-state index contributed by atoms with van der Waals surface area (Å²) in [6.45, 7) is 3.20. The maximum absolute atomic E-state index is 11.9. The molecule has 1 aliphatic rings. The van der Waals surface area contributed by atoms with Crippen molar-refractivity contribution >= 4 is 10.0 Å². The quantitative estimate of drug-likeness (QED) is 0.701. The van der Waals surface area contributed by atoms with Gasteiger partial charge in [0.2, 0.25) is 10.0 Å². The Morgan fingerprint density at radius 2 is 2.41 bits per heavy atom. The lowest BCUT2D eigenvalue weighted by Gasteiger charge is -2.10. The first-order chi connectivity index (χ1) is 8.09. The second-order valence-corrected chi connectivity index (χ2v) is 6.07. The smallest absolute Gasteiger partial charge is 0.243 e. The molecule has 1 atom stereocenters. The van der Waals surface area contributed by atoms with E-state index >= 15 is 0 Å². The largest absolute Gasteiger partial charge is 0.314 e. The molecule has 0 spiro atoms. The molecule has 0 saturated carbocycles. The normalized spacial score (nSPS) is 20.9. The van der Waals surface area contributed by atoms with Gasteiger partial charge in [-0.05, 0) is 32.7 Å². The lowest BCUT2D eigenvalue weighted by Crippen LogP contribution is -2.30. The summed E-state index contributed by atoms with van der Waals surface area (Å²) in [5.41, 5.74) is 0.566. The number of aromatic nitrogens is 2. The predicted molar refractivity (Wildman–Crippen MR) is 64.2 cm³/mol. The monoisotopic (exact) mass is 258 g/mol. The van der Waals surface area contributed by atoms with Crippen molar-refractivity contribution in [2.75, 3.05) is 13.1 Å². The number of nitrogens with one attached hydrogen (secondary N) is 3. The molecule has 17 heavy (non-hydrogen) atoms. The van der Waals surface area contributed by atoms with Crippen molar-refractivity contribution in [3.05, 3.63) is 11.9 Å². The van der Waals surface area contributed by atoms with Crippen LogP contribution in [0.5, 0.6) is 0 Å². The third kappa shape index (κ3) is 3.05. The molecular formula is C10H18N4O2S. The van der Waals surface area contributed by atoms with Crippen molar-refractivity contribution in [1.82, 2.24) is 20.2 Å². The predicted octanol–water partition coefficient (Wildman–Crippen LogP) is 0.139. The van der Waals surface area contributed by atoms with Gasteiger partial charge in [-0.15, -0.1) is 0 Å². The average Bonchev–Trinajstić information content (AvgIpc) is 2.88. The highest BCUT2D eigenvalue weighted by Crippen LogP contribution is 2.12. The molecule has 3 N–H and O–H groups in total. The molecule has 0 aliphatic carbocycles. The molecule has 1 unspecified atom stereocenters. The summed E-state index contributed by atoms with van der Waals surface area (Å²) >= 11 is 0. The van der Waals surface area contributed by atoms with Crippen molar-refractivity contribution in [2.24, 2.45) is 0 Å². The van der Waals surface area contributed by atoms with Gasteiger partial charge in [0, 0.05) is 12.6 Å². The Labute approximate surface area is 101 Å². The number of hydrogen-bond donors (Lipinski definition) is 3. The van der Waals surface area contributed by atoms with Crippen LogP contribution in [0.25, 0.3) is 0 Å². The highest BCUT2D eigenvalue weighted by atomic mass is 32.2. The fourth-order valence-corrected chi connectivity index (χ4v) is 3.24. The fraction of sp³-hybridized carbons (Fsp3) is 0.700. The second kappa shape index (κ2) is 5.16. The zero-order valence-electron chi connectivity index (χ0n) is 9.86. The highest BCUT2D eigenvalue weighted by molar-refractivity contribution is 7.89.